The minimum atomic E-state index is 0.0488. The van der Waals surface area contributed by atoms with E-state index >= 15 is 0 Å². The van der Waals surface area contributed by atoms with Gasteiger partial charge in [-0.3, -0.25) is 0 Å². The first kappa shape index (κ1) is 23.9. The zero-order valence-electron chi connectivity index (χ0n) is 17.8. The molecule has 1 aromatic carbocycles. The molecule has 156 valence electrons. The van der Waals surface area contributed by atoms with Gasteiger partial charge in [0.15, 0.2) is 0 Å². The first-order chi connectivity index (χ1) is 13.2. The number of hydrogen-bond donors (Lipinski definition) is 1. The molecular formula is C23H41NO3. The molecule has 4 nitrogen and oxygen atoms in total. The molecule has 0 aliphatic carbocycles. The molecule has 0 aliphatic heterocycles. The second-order valence-corrected chi connectivity index (χ2v) is 7.46. The molecule has 0 aromatic heterocycles. The fourth-order valence-corrected chi connectivity index (χ4v) is 3.07. The molecule has 0 aliphatic rings. The van der Waals surface area contributed by atoms with Crippen LogP contribution < -0.4 is 10.6 Å². The topological polar surface area (TPSA) is 53.7 Å². The number of benzene rings is 1. The summed E-state index contributed by atoms with van der Waals surface area (Å²) < 4.78 is 11.6. The van der Waals surface area contributed by atoms with E-state index in [2.05, 4.69) is 38.1 Å². The van der Waals surface area contributed by atoms with Crippen molar-refractivity contribution >= 4 is 0 Å². The molecule has 0 amide bonds. The Hall–Kier alpha value is -1.10. The van der Waals surface area contributed by atoms with Gasteiger partial charge in [0, 0.05) is 6.61 Å². The highest BCUT2D eigenvalue weighted by molar-refractivity contribution is 5.27. The summed E-state index contributed by atoms with van der Waals surface area (Å²) in [5.41, 5.74) is 1.40. The fourth-order valence-electron chi connectivity index (χ4n) is 3.07. The summed E-state index contributed by atoms with van der Waals surface area (Å²) in [4.78, 5) is 4.87. The molecular weight excluding hydrogens is 338 g/mol. The van der Waals surface area contributed by atoms with Gasteiger partial charge < -0.3 is 14.3 Å². The van der Waals surface area contributed by atoms with Crippen molar-refractivity contribution in [3.05, 3.63) is 29.8 Å². The highest BCUT2D eigenvalue weighted by Gasteiger charge is 2.08. The van der Waals surface area contributed by atoms with E-state index in [4.69, 9.17) is 20.2 Å². The van der Waals surface area contributed by atoms with Crippen molar-refractivity contribution in [2.75, 3.05) is 13.2 Å². The van der Waals surface area contributed by atoms with Crippen molar-refractivity contribution in [3.8, 4) is 5.75 Å². The van der Waals surface area contributed by atoms with Crippen LogP contribution >= 0.6 is 0 Å². The maximum atomic E-state index is 5.83. The number of hydrogen-bond acceptors (Lipinski definition) is 4. The molecule has 0 radical (unpaired) electrons. The number of aryl methyl sites for hydroxylation is 1. The van der Waals surface area contributed by atoms with E-state index in [1.54, 1.807) is 0 Å². The molecule has 4 heteroatoms. The normalized spacial score (nSPS) is 13.5. The van der Waals surface area contributed by atoms with E-state index in [0.29, 0.717) is 13.2 Å². The molecule has 1 rings (SSSR count). The lowest BCUT2D eigenvalue weighted by molar-refractivity contribution is -0.0106. The third kappa shape index (κ3) is 12.1. The first-order valence-corrected chi connectivity index (χ1v) is 10.9. The number of rotatable bonds is 17. The molecule has 1 aromatic rings. The van der Waals surface area contributed by atoms with Crippen molar-refractivity contribution in [2.45, 2.75) is 97.2 Å². The van der Waals surface area contributed by atoms with E-state index in [1.807, 2.05) is 6.92 Å². The number of unbranched alkanes of at least 4 members (excludes halogenated alkanes) is 6. The Morgan fingerprint density at radius 3 is 2.22 bits per heavy atom. The summed E-state index contributed by atoms with van der Waals surface area (Å²) in [6.07, 6.45) is 12.5. The highest BCUT2D eigenvalue weighted by Crippen LogP contribution is 2.16. The summed E-state index contributed by atoms with van der Waals surface area (Å²) in [5, 5.41) is 0. The highest BCUT2D eigenvalue weighted by atomic mass is 16.6. The van der Waals surface area contributed by atoms with Crippen molar-refractivity contribution in [1.29, 1.82) is 0 Å². The molecule has 0 spiro atoms. The van der Waals surface area contributed by atoms with Crippen LogP contribution in [0.3, 0.4) is 0 Å². The lowest BCUT2D eigenvalue weighted by atomic mass is 10.0. The third-order valence-corrected chi connectivity index (χ3v) is 4.97. The SMILES string of the molecule is CCCCCCCCCc1ccc(OCC(C)OCCC(CC)ON)cc1. The predicted octanol–water partition coefficient (Wildman–Crippen LogP) is 5.82. The standard InChI is InChI=1S/C23H41NO3/c1-4-6-7-8-9-10-11-12-21-13-15-23(16-14-21)26-19-20(3)25-18-17-22(5-2)27-24/h13-16,20,22H,4-12,17-19,24H2,1-3H3. The van der Waals surface area contributed by atoms with Crippen molar-refractivity contribution in [2.24, 2.45) is 5.90 Å². The summed E-state index contributed by atoms with van der Waals surface area (Å²) in [6, 6.07) is 8.50. The minimum absolute atomic E-state index is 0.0488. The average molecular weight is 380 g/mol. The van der Waals surface area contributed by atoms with E-state index in [1.165, 1.54) is 50.5 Å². The molecule has 0 saturated heterocycles. The zero-order valence-corrected chi connectivity index (χ0v) is 17.8. The van der Waals surface area contributed by atoms with Crippen LogP contribution in [-0.4, -0.2) is 25.4 Å². The maximum Gasteiger partial charge on any atom is 0.119 e. The van der Waals surface area contributed by atoms with Gasteiger partial charge in [-0.2, -0.15) is 0 Å². The summed E-state index contributed by atoms with van der Waals surface area (Å²) in [7, 11) is 0. The summed E-state index contributed by atoms with van der Waals surface area (Å²) in [5.74, 6) is 6.14. The minimum Gasteiger partial charge on any atom is -0.491 e. The van der Waals surface area contributed by atoms with Gasteiger partial charge in [-0.15, -0.1) is 0 Å². The van der Waals surface area contributed by atoms with Crippen LogP contribution in [0, 0.1) is 0 Å². The van der Waals surface area contributed by atoms with Crippen LogP contribution in [-0.2, 0) is 16.0 Å². The van der Waals surface area contributed by atoms with E-state index in [0.717, 1.165) is 25.0 Å². The summed E-state index contributed by atoms with van der Waals surface area (Å²) in [6.45, 7) is 7.54. The Kier molecular flexibility index (Phi) is 14.1. The molecule has 0 fully saturated rings. The van der Waals surface area contributed by atoms with Crippen LogP contribution in [0.4, 0.5) is 0 Å². The smallest absolute Gasteiger partial charge is 0.119 e. The maximum absolute atomic E-state index is 5.83. The van der Waals surface area contributed by atoms with E-state index in [-0.39, 0.29) is 12.2 Å². The number of nitrogens with two attached hydrogens (primary N) is 1. The Morgan fingerprint density at radius 2 is 1.59 bits per heavy atom. The van der Waals surface area contributed by atoms with Gasteiger partial charge in [-0.1, -0.05) is 64.5 Å². The van der Waals surface area contributed by atoms with Gasteiger partial charge in [0.2, 0.25) is 0 Å². The monoisotopic (exact) mass is 379 g/mol. The fraction of sp³-hybridized carbons (Fsp3) is 0.739. The van der Waals surface area contributed by atoms with Crippen LogP contribution in [0.25, 0.3) is 0 Å². The predicted molar refractivity (Wildman–Crippen MR) is 113 cm³/mol. The van der Waals surface area contributed by atoms with E-state index in [9.17, 15) is 0 Å². The lowest BCUT2D eigenvalue weighted by Gasteiger charge is -2.17. The largest absolute Gasteiger partial charge is 0.491 e. The Bertz CT molecular complexity index is 445. The first-order valence-electron chi connectivity index (χ1n) is 10.9. The van der Waals surface area contributed by atoms with Crippen LogP contribution in [0.2, 0.25) is 0 Å². The van der Waals surface area contributed by atoms with Crippen molar-refractivity contribution < 1.29 is 14.3 Å². The van der Waals surface area contributed by atoms with Crippen LogP contribution in [0.15, 0.2) is 24.3 Å². The summed E-state index contributed by atoms with van der Waals surface area (Å²) >= 11 is 0. The molecule has 27 heavy (non-hydrogen) atoms. The van der Waals surface area contributed by atoms with E-state index < -0.39 is 0 Å². The van der Waals surface area contributed by atoms with Gasteiger partial charge in [0.25, 0.3) is 0 Å². The zero-order chi connectivity index (χ0) is 19.7. The average Bonchev–Trinajstić information content (AvgIpc) is 2.70. The van der Waals surface area contributed by atoms with Crippen molar-refractivity contribution in [3.63, 3.8) is 0 Å². The quantitative estimate of drug-likeness (QED) is 0.273. The van der Waals surface area contributed by atoms with Gasteiger partial charge >= 0.3 is 0 Å². The second-order valence-electron chi connectivity index (χ2n) is 7.46. The molecule has 2 atom stereocenters. The molecule has 0 bridgehead atoms. The van der Waals surface area contributed by atoms with Crippen LogP contribution in [0.1, 0.15) is 84.1 Å². The van der Waals surface area contributed by atoms with Crippen LogP contribution in [0.5, 0.6) is 5.75 Å². The van der Waals surface area contributed by atoms with Gasteiger partial charge in [-0.25, -0.2) is 5.90 Å². The Balaban J connectivity index is 2.13. The Morgan fingerprint density at radius 1 is 0.926 bits per heavy atom. The molecule has 2 N–H and O–H groups in total. The lowest BCUT2D eigenvalue weighted by Crippen LogP contribution is -2.23. The second kappa shape index (κ2) is 15.9. The molecule has 2 unspecified atom stereocenters. The van der Waals surface area contributed by atoms with Gasteiger partial charge in [-0.05, 0) is 50.3 Å². The van der Waals surface area contributed by atoms with Crippen molar-refractivity contribution in [1.82, 2.24) is 0 Å². The Labute approximate surface area is 166 Å². The number of ether oxygens (including phenoxy) is 2. The molecule has 0 heterocycles. The van der Waals surface area contributed by atoms with Gasteiger partial charge in [0.1, 0.15) is 12.4 Å². The third-order valence-electron chi connectivity index (χ3n) is 4.97. The van der Waals surface area contributed by atoms with Gasteiger partial charge in [0.05, 0.1) is 12.2 Å². The molecule has 0 saturated carbocycles.